The highest BCUT2D eigenvalue weighted by Gasteiger charge is 2.15. The molecule has 0 atom stereocenters. The molecule has 1 fully saturated rings. The maximum atomic E-state index is 12.2. The Morgan fingerprint density at radius 3 is 2.78 bits per heavy atom. The summed E-state index contributed by atoms with van der Waals surface area (Å²) in [4.78, 5) is 25.3. The summed E-state index contributed by atoms with van der Waals surface area (Å²) in [6.45, 7) is 4.36. The molecule has 1 aromatic heterocycles. The summed E-state index contributed by atoms with van der Waals surface area (Å²) in [6.07, 6.45) is 0. The molecule has 0 radical (unpaired) electrons. The lowest BCUT2D eigenvalue weighted by Crippen LogP contribution is -2.36. The normalized spacial score (nSPS) is 14.1. The maximum Gasteiger partial charge on any atom is 0.234 e. The lowest BCUT2D eigenvalue weighted by Gasteiger charge is -2.29. The van der Waals surface area contributed by atoms with Crippen LogP contribution in [0.25, 0.3) is 0 Å². The number of thioether (sulfide) groups is 1. The highest BCUT2D eigenvalue weighted by Crippen LogP contribution is 2.30. The smallest absolute Gasteiger partial charge is 0.234 e. The van der Waals surface area contributed by atoms with Crippen LogP contribution in [-0.2, 0) is 14.3 Å². The molecule has 1 aliphatic rings. The van der Waals surface area contributed by atoms with E-state index in [0.717, 1.165) is 18.8 Å². The average Bonchev–Trinajstić information content (AvgIpc) is 3.07. The maximum absolute atomic E-state index is 12.2. The number of ether oxygens (including phenoxy) is 1. The molecule has 8 nitrogen and oxygen atoms in total. The molecule has 0 bridgehead atoms. The van der Waals surface area contributed by atoms with Gasteiger partial charge >= 0.3 is 0 Å². The zero-order chi connectivity index (χ0) is 19.2. The van der Waals surface area contributed by atoms with Crippen LogP contribution in [0.2, 0.25) is 5.02 Å². The quantitative estimate of drug-likeness (QED) is 0.540. The minimum atomic E-state index is -0.210. The van der Waals surface area contributed by atoms with E-state index in [0.29, 0.717) is 33.4 Å². The van der Waals surface area contributed by atoms with Gasteiger partial charge in [-0.05, 0) is 18.2 Å². The monoisotopic (exact) mass is 427 g/mol. The van der Waals surface area contributed by atoms with Gasteiger partial charge in [0.1, 0.15) is 0 Å². The number of hydrogen-bond donors (Lipinski definition) is 2. The number of anilines is 3. The number of amides is 2. The second-order valence-electron chi connectivity index (χ2n) is 5.66. The summed E-state index contributed by atoms with van der Waals surface area (Å²) in [5.74, 6) is -0.207. The van der Waals surface area contributed by atoms with Crippen LogP contribution in [-0.4, -0.2) is 54.1 Å². The van der Waals surface area contributed by atoms with E-state index in [1.165, 1.54) is 30.0 Å². The van der Waals surface area contributed by atoms with Crippen LogP contribution in [0.3, 0.4) is 0 Å². The Morgan fingerprint density at radius 1 is 1.30 bits per heavy atom. The van der Waals surface area contributed by atoms with Gasteiger partial charge in [-0.3, -0.25) is 9.59 Å². The van der Waals surface area contributed by atoms with Gasteiger partial charge in [0.25, 0.3) is 0 Å². The zero-order valence-corrected chi connectivity index (χ0v) is 16.9. The van der Waals surface area contributed by atoms with Gasteiger partial charge in [-0.2, -0.15) is 0 Å². The highest BCUT2D eigenvalue weighted by molar-refractivity contribution is 8.01. The number of morpholine rings is 1. The molecule has 144 valence electrons. The van der Waals surface area contributed by atoms with Crippen molar-refractivity contribution in [3.05, 3.63) is 23.2 Å². The largest absolute Gasteiger partial charge is 0.378 e. The summed E-state index contributed by atoms with van der Waals surface area (Å²) in [5, 5.41) is 14.1. The van der Waals surface area contributed by atoms with Crippen molar-refractivity contribution in [3.63, 3.8) is 0 Å². The predicted octanol–water partition coefficient (Wildman–Crippen LogP) is 2.72. The first-order chi connectivity index (χ1) is 13.0. The number of rotatable bonds is 6. The van der Waals surface area contributed by atoms with Crippen LogP contribution >= 0.6 is 34.7 Å². The third-order valence-corrected chi connectivity index (χ3v) is 5.87. The first-order valence-corrected chi connectivity index (χ1v) is 10.4. The molecule has 11 heteroatoms. The average molecular weight is 428 g/mol. The molecule has 0 aliphatic carbocycles. The Balaban J connectivity index is 1.52. The summed E-state index contributed by atoms with van der Waals surface area (Å²) >= 11 is 8.85. The van der Waals surface area contributed by atoms with Gasteiger partial charge in [0, 0.05) is 25.7 Å². The van der Waals surface area contributed by atoms with Crippen molar-refractivity contribution in [1.29, 1.82) is 0 Å². The molecule has 1 saturated heterocycles. The Labute approximate surface area is 169 Å². The fourth-order valence-electron chi connectivity index (χ4n) is 2.44. The molecule has 2 aromatic rings. The number of halogens is 1. The SMILES string of the molecule is CC(=O)Nc1nnc(SCC(=O)Nc2ccc(N3CCOCC3)c(Cl)c2)s1. The second kappa shape index (κ2) is 9.36. The molecule has 2 N–H and O–H groups in total. The number of carbonyl (C=O) groups excluding carboxylic acids is 2. The first kappa shape index (κ1) is 19.9. The van der Waals surface area contributed by atoms with Crippen molar-refractivity contribution in [2.45, 2.75) is 11.3 Å². The molecular weight excluding hydrogens is 410 g/mol. The number of nitrogens with one attached hydrogen (secondary N) is 2. The van der Waals surface area contributed by atoms with Crippen LogP contribution < -0.4 is 15.5 Å². The number of hydrogen-bond acceptors (Lipinski definition) is 8. The molecule has 0 saturated carbocycles. The van der Waals surface area contributed by atoms with E-state index in [9.17, 15) is 9.59 Å². The Kier molecular flexibility index (Phi) is 6.89. The minimum absolute atomic E-state index is 0.175. The highest BCUT2D eigenvalue weighted by atomic mass is 35.5. The Morgan fingerprint density at radius 2 is 2.07 bits per heavy atom. The van der Waals surface area contributed by atoms with Gasteiger partial charge in [0.15, 0.2) is 4.34 Å². The van der Waals surface area contributed by atoms with Gasteiger partial charge in [-0.25, -0.2) is 0 Å². The molecule has 2 heterocycles. The van der Waals surface area contributed by atoms with E-state index < -0.39 is 0 Å². The topological polar surface area (TPSA) is 96.5 Å². The Hall–Kier alpha value is -1.88. The third kappa shape index (κ3) is 5.80. The summed E-state index contributed by atoms with van der Waals surface area (Å²) in [5.41, 5.74) is 1.57. The molecule has 0 spiro atoms. The Bertz CT molecular complexity index is 826. The summed E-state index contributed by atoms with van der Waals surface area (Å²) in [6, 6.07) is 5.48. The van der Waals surface area contributed by atoms with Crippen LogP contribution in [0.5, 0.6) is 0 Å². The van der Waals surface area contributed by atoms with Crippen LogP contribution in [0.1, 0.15) is 6.92 Å². The minimum Gasteiger partial charge on any atom is -0.378 e. The number of aromatic nitrogens is 2. The van der Waals surface area contributed by atoms with Crippen LogP contribution in [0.4, 0.5) is 16.5 Å². The summed E-state index contributed by atoms with van der Waals surface area (Å²) in [7, 11) is 0. The zero-order valence-electron chi connectivity index (χ0n) is 14.5. The molecule has 3 rings (SSSR count). The van der Waals surface area contributed by atoms with Crippen molar-refractivity contribution in [2.24, 2.45) is 0 Å². The molecule has 1 aromatic carbocycles. The molecule has 1 aliphatic heterocycles. The number of nitrogens with zero attached hydrogens (tertiary/aromatic N) is 3. The standard InChI is InChI=1S/C16H18ClN5O3S2/c1-10(23)18-15-20-21-16(27-15)26-9-14(24)19-11-2-3-13(12(17)8-11)22-4-6-25-7-5-22/h2-3,8H,4-7,9H2,1H3,(H,19,24)(H,18,20,23). The molecule has 0 unspecified atom stereocenters. The third-order valence-electron chi connectivity index (χ3n) is 3.60. The van der Waals surface area contributed by atoms with Crippen molar-refractivity contribution in [2.75, 3.05) is 47.6 Å². The van der Waals surface area contributed by atoms with E-state index in [1.54, 1.807) is 6.07 Å². The number of carbonyl (C=O) groups is 2. The molecule has 2 amide bonds. The van der Waals surface area contributed by atoms with E-state index in [-0.39, 0.29) is 17.6 Å². The van der Waals surface area contributed by atoms with Gasteiger partial charge in [-0.15, -0.1) is 10.2 Å². The van der Waals surface area contributed by atoms with Gasteiger partial charge in [0.2, 0.25) is 16.9 Å². The fourth-order valence-corrected chi connectivity index (χ4v) is 4.34. The van der Waals surface area contributed by atoms with Gasteiger partial charge in [-0.1, -0.05) is 34.7 Å². The van der Waals surface area contributed by atoms with E-state index in [1.807, 2.05) is 12.1 Å². The van der Waals surface area contributed by atoms with Crippen LogP contribution in [0, 0.1) is 0 Å². The van der Waals surface area contributed by atoms with Gasteiger partial charge < -0.3 is 20.3 Å². The first-order valence-electron chi connectivity index (χ1n) is 8.17. The number of benzene rings is 1. The van der Waals surface area contributed by atoms with Gasteiger partial charge in [0.05, 0.1) is 29.7 Å². The fraction of sp³-hybridized carbons (Fsp3) is 0.375. The molecular formula is C16H18ClN5O3S2. The summed E-state index contributed by atoms with van der Waals surface area (Å²) < 4.78 is 5.95. The molecule has 27 heavy (non-hydrogen) atoms. The van der Waals surface area contributed by atoms with Crippen molar-refractivity contribution >= 4 is 63.0 Å². The van der Waals surface area contributed by atoms with Crippen molar-refractivity contribution < 1.29 is 14.3 Å². The van der Waals surface area contributed by atoms with E-state index in [4.69, 9.17) is 16.3 Å². The van der Waals surface area contributed by atoms with Crippen LogP contribution in [0.15, 0.2) is 22.5 Å². The second-order valence-corrected chi connectivity index (χ2v) is 8.26. The lowest BCUT2D eigenvalue weighted by molar-refractivity contribution is -0.114. The van der Waals surface area contributed by atoms with E-state index >= 15 is 0 Å². The van der Waals surface area contributed by atoms with Crippen molar-refractivity contribution in [3.8, 4) is 0 Å². The predicted molar refractivity (Wildman–Crippen MR) is 108 cm³/mol. The van der Waals surface area contributed by atoms with Crippen molar-refractivity contribution in [1.82, 2.24) is 10.2 Å². The van der Waals surface area contributed by atoms with E-state index in [2.05, 4.69) is 25.7 Å². The lowest BCUT2D eigenvalue weighted by atomic mass is 10.2.